The van der Waals surface area contributed by atoms with Gasteiger partial charge in [-0.1, -0.05) is 28.1 Å². The van der Waals surface area contributed by atoms with Gasteiger partial charge in [-0.25, -0.2) is 4.98 Å². The molecule has 1 aromatic heterocycles. The van der Waals surface area contributed by atoms with E-state index in [4.69, 9.17) is 4.74 Å². The minimum Gasteiger partial charge on any atom is -0.379 e. The summed E-state index contributed by atoms with van der Waals surface area (Å²) in [5, 5.41) is 2.98. The molecule has 2 aromatic carbocycles. The maximum atomic E-state index is 12.7. The molecule has 0 atom stereocenters. The third-order valence-corrected chi connectivity index (χ3v) is 5.26. The first-order chi connectivity index (χ1) is 13.2. The lowest BCUT2D eigenvalue weighted by molar-refractivity contribution is 0.0366. The Labute approximate surface area is 166 Å². The van der Waals surface area contributed by atoms with E-state index >= 15 is 0 Å². The number of hydrogen-bond donors (Lipinski definition) is 1. The van der Waals surface area contributed by atoms with E-state index < -0.39 is 0 Å². The Bertz CT molecular complexity index is 933. The molecule has 0 aliphatic carbocycles. The van der Waals surface area contributed by atoms with Crippen LogP contribution in [0.25, 0.3) is 11.0 Å². The summed E-state index contributed by atoms with van der Waals surface area (Å²) in [7, 11) is 0. The van der Waals surface area contributed by atoms with Crippen LogP contribution < -0.4 is 5.32 Å². The summed E-state index contributed by atoms with van der Waals surface area (Å²) in [6.45, 7) is 5.08. The zero-order chi connectivity index (χ0) is 18.6. The first-order valence-corrected chi connectivity index (χ1v) is 9.82. The molecular formula is C20H21BrN4O2. The van der Waals surface area contributed by atoms with Gasteiger partial charge in [0, 0.05) is 36.2 Å². The fourth-order valence-corrected chi connectivity index (χ4v) is 3.50. The lowest BCUT2D eigenvalue weighted by Gasteiger charge is -2.26. The van der Waals surface area contributed by atoms with Crippen LogP contribution in [0.15, 0.2) is 53.0 Å². The van der Waals surface area contributed by atoms with Crippen molar-refractivity contribution in [2.45, 2.75) is 6.54 Å². The first kappa shape index (κ1) is 18.2. The summed E-state index contributed by atoms with van der Waals surface area (Å²) >= 11 is 3.39. The standard InChI is InChI=1S/C20H21BrN4O2/c21-16-7-5-15(6-8-16)19(26)23-20-22-17-3-1-2-4-18(17)25(20)10-9-24-11-13-27-14-12-24/h1-8H,9-14H2,(H,22,23,26). The second-order valence-corrected chi connectivity index (χ2v) is 7.41. The number of fused-ring (bicyclic) bond motifs is 1. The molecular weight excluding hydrogens is 408 g/mol. The van der Waals surface area contributed by atoms with Gasteiger partial charge in [-0.15, -0.1) is 0 Å². The van der Waals surface area contributed by atoms with Gasteiger partial charge in [-0.2, -0.15) is 0 Å². The molecule has 3 aromatic rings. The first-order valence-electron chi connectivity index (χ1n) is 9.03. The van der Waals surface area contributed by atoms with E-state index in [1.54, 1.807) is 12.1 Å². The number of nitrogens with zero attached hydrogens (tertiary/aromatic N) is 3. The Hall–Kier alpha value is -2.22. The quantitative estimate of drug-likeness (QED) is 0.676. The normalized spacial score (nSPS) is 15.1. The number of nitrogens with one attached hydrogen (secondary N) is 1. The van der Waals surface area contributed by atoms with Gasteiger partial charge in [-0.3, -0.25) is 15.0 Å². The van der Waals surface area contributed by atoms with Crippen molar-refractivity contribution in [3.05, 3.63) is 58.6 Å². The van der Waals surface area contributed by atoms with Crippen LogP contribution in [0, 0.1) is 0 Å². The summed E-state index contributed by atoms with van der Waals surface area (Å²) in [4.78, 5) is 19.7. The Morgan fingerprint density at radius 3 is 2.59 bits per heavy atom. The highest BCUT2D eigenvalue weighted by Crippen LogP contribution is 2.21. The number of rotatable bonds is 5. The van der Waals surface area contributed by atoms with Crippen LogP contribution in [0.4, 0.5) is 5.95 Å². The third-order valence-electron chi connectivity index (χ3n) is 4.73. The molecule has 0 radical (unpaired) electrons. The Kier molecular flexibility index (Phi) is 5.52. The number of carbonyl (C=O) groups is 1. The van der Waals surface area contributed by atoms with Crippen molar-refractivity contribution in [1.82, 2.24) is 14.5 Å². The summed E-state index contributed by atoms with van der Waals surface area (Å²) in [6.07, 6.45) is 0. The number of ether oxygens (including phenoxy) is 1. The van der Waals surface area contributed by atoms with Crippen LogP contribution in [0.1, 0.15) is 10.4 Å². The fraction of sp³-hybridized carbons (Fsp3) is 0.300. The molecule has 140 valence electrons. The van der Waals surface area contributed by atoms with Crippen molar-refractivity contribution in [3.63, 3.8) is 0 Å². The van der Waals surface area contributed by atoms with Crippen molar-refractivity contribution in [2.24, 2.45) is 0 Å². The number of benzene rings is 2. The van der Waals surface area contributed by atoms with Gasteiger partial charge in [-0.05, 0) is 36.4 Å². The van der Waals surface area contributed by atoms with Crippen LogP contribution in [-0.2, 0) is 11.3 Å². The second kappa shape index (κ2) is 8.21. The summed E-state index contributed by atoms with van der Waals surface area (Å²) in [5.74, 6) is 0.419. The van der Waals surface area contributed by atoms with Crippen molar-refractivity contribution in [3.8, 4) is 0 Å². The third kappa shape index (κ3) is 4.21. The highest BCUT2D eigenvalue weighted by atomic mass is 79.9. The number of anilines is 1. The molecule has 7 heteroatoms. The van der Waals surface area contributed by atoms with E-state index in [9.17, 15) is 4.79 Å². The lowest BCUT2D eigenvalue weighted by atomic mass is 10.2. The van der Waals surface area contributed by atoms with Gasteiger partial charge in [0.25, 0.3) is 5.91 Å². The summed E-state index contributed by atoms with van der Waals surface area (Å²) < 4.78 is 8.45. The highest BCUT2D eigenvalue weighted by Gasteiger charge is 2.16. The van der Waals surface area contributed by atoms with E-state index in [1.807, 2.05) is 36.4 Å². The second-order valence-electron chi connectivity index (χ2n) is 6.49. The van der Waals surface area contributed by atoms with E-state index in [0.717, 1.165) is 54.9 Å². The molecule has 4 rings (SSSR count). The number of amides is 1. The van der Waals surface area contributed by atoms with Gasteiger partial charge in [0.2, 0.25) is 5.95 Å². The topological polar surface area (TPSA) is 59.4 Å². The molecule has 1 N–H and O–H groups in total. The maximum absolute atomic E-state index is 12.7. The predicted molar refractivity (Wildman–Crippen MR) is 109 cm³/mol. The zero-order valence-electron chi connectivity index (χ0n) is 14.9. The van der Waals surface area contributed by atoms with Crippen LogP contribution in [-0.4, -0.2) is 53.2 Å². The van der Waals surface area contributed by atoms with Crippen LogP contribution in [0.5, 0.6) is 0 Å². The summed E-state index contributed by atoms with van der Waals surface area (Å²) in [5.41, 5.74) is 2.51. The van der Waals surface area contributed by atoms with Gasteiger partial charge in [0.15, 0.2) is 0 Å². The van der Waals surface area contributed by atoms with Gasteiger partial charge in [0.05, 0.1) is 24.2 Å². The van der Waals surface area contributed by atoms with Crippen LogP contribution >= 0.6 is 15.9 Å². The zero-order valence-corrected chi connectivity index (χ0v) is 16.5. The Morgan fingerprint density at radius 2 is 1.81 bits per heavy atom. The van der Waals surface area contributed by atoms with Crippen molar-refractivity contribution in [2.75, 3.05) is 38.2 Å². The fourth-order valence-electron chi connectivity index (χ4n) is 3.24. The molecule has 1 amide bonds. The van der Waals surface area contributed by atoms with Gasteiger partial charge in [0.1, 0.15) is 0 Å². The minimum absolute atomic E-state index is 0.162. The van der Waals surface area contributed by atoms with Crippen molar-refractivity contribution in [1.29, 1.82) is 0 Å². The molecule has 1 aliphatic rings. The number of hydrogen-bond acceptors (Lipinski definition) is 4. The molecule has 0 saturated carbocycles. The predicted octanol–water partition coefficient (Wildman–Crippen LogP) is 3.38. The monoisotopic (exact) mass is 428 g/mol. The summed E-state index contributed by atoms with van der Waals surface area (Å²) in [6, 6.07) is 15.3. The average Bonchev–Trinajstić information content (AvgIpc) is 3.04. The minimum atomic E-state index is -0.162. The lowest BCUT2D eigenvalue weighted by Crippen LogP contribution is -2.38. The van der Waals surface area contributed by atoms with E-state index in [2.05, 4.69) is 35.7 Å². The van der Waals surface area contributed by atoms with E-state index in [0.29, 0.717) is 11.5 Å². The number of morpholine rings is 1. The van der Waals surface area contributed by atoms with Crippen molar-refractivity contribution < 1.29 is 9.53 Å². The molecule has 1 fully saturated rings. The number of aromatic nitrogens is 2. The number of imidazole rings is 1. The van der Waals surface area contributed by atoms with Crippen molar-refractivity contribution >= 4 is 38.8 Å². The number of carbonyl (C=O) groups excluding carboxylic acids is 1. The molecule has 1 saturated heterocycles. The Morgan fingerprint density at radius 1 is 1.07 bits per heavy atom. The molecule has 0 spiro atoms. The average molecular weight is 429 g/mol. The van der Waals surface area contributed by atoms with E-state index in [-0.39, 0.29) is 5.91 Å². The molecule has 0 bridgehead atoms. The highest BCUT2D eigenvalue weighted by molar-refractivity contribution is 9.10. The van der Waals surface area contributed by atoms with E-state index in [1.165, 1.54) is 0 Å². The Balaban J connectivity index is 1.57. The van der Waals surface area contributed by atoms with Gasteiger partial charge < -0.3 is 9.30 Å². The number of halogens is 1. The largest absolute Gasteiger partial charge is 0.379 e. The van der Waals surface area contributed by atoms with Crippen LogP contribution in [0.3, 0.4) is 0 Å². The smallest absolute Gasteiger partial charge is 0.257 e. The SMILES string of the molecule is O=C(Nc1nc2ccccc2n1CCN1CCOCC1)c1ccc(Br)cc1. The van der Waals surface area contributed by atoms with Gasteiger partial charge >= 0.3 is 0 Å². The van der Waals surface area contributed by atoms with Crippen LogP contribution in [0.2, 0.25) is 0 Å². The molecule has 2 heterocycles. The molecule has 0 unspecified atom stereocenters. The maximum Gasteiger partial charge on any atom is 0.257 e. The number of para-hydroxylation sites is 2. The molecule has 1 aliphatic heterocycles. The molecule has 27 heavy (non-hydrogen) atoms. The molecule has 6 nitrogen and oxygen atoms in total.